The highest BCUT2D eigenvalue weighted by atomic mass is 16.5. The van der Waals surface area contributed by atoms with Crippen LogP contribution in [0.1, 0.15) is 23.7 Å². The molecule has 0 aliphatic carbocycles. The van der Waals surface area contributed by atoms with E-state index in [1.165, 1.54) is 5.56 Å². The van der Waals surface area contributed by atoms with Crippen molar-refractivity contribution in [3.63, 3.8) is 0 Å². The Kier molecular flexibility index (Phi) is 5.12. The number of rotatable bonds is 6. The highest BCUT2D eigenvalue weighted by Gasteiger charge is 2.11. The monoisotopic (exact) mass is 319 g/mol. The summed E-state index contributed by atoms with van der Waals surface area (Å²) in [5.74, 6) is 0.458. The Balaban J connectivity index is 1.88. The number of nitrogens with zero attached hydrogens (tertiary/aromatic N) is 1. The van der Waals surface area contributed by atoms with Gasteiger partial charge in [-0.2, -0.15) is 0 Å². The molecule has 0 N–H and O–H groups in total. The summed E-state index contributed by atoms with van der Waals surface area (Å²) in [6.45, 7) is 3.18. The lowest BCUT2D eigenvalue weighted by atomic mass is 10.2. The lowest BCUT2D eigenvalue weighted by molar-refractivity contribution is 0.296. The molecule has 3 heteroatoms. The van der Waals surface area contributed by atoms with Gasteiger partial charge < -0.3 is 9.30 Å². The molecule has 0 aliphatic heterocycles. The van der Waals surface area contributed by atoms with Crippen LogP contribution >= 0.6 is 0 Å². The number of hydrogen-bond acceptors (Lipinski definition) is 2. The topological polar surface area (TPSA) is 31.2 Å². The molecule has 0 aliphatic rings. The molecule has 3 nitrogen and oxygen atoms in total. The van der Waals surface area contributed by atoms with Crippen molar-refractivity contribution in [1.82, 2.24) is 4.57 Å². The average molecular weight is 319 g/mol. The van der Waals surface area contributed by atoms with Crippen LogP contribution in [0.2, 0.25) is 0 Å². The largest absolute Gasteiger partial charge is 0.483 e. The molecule has 0 fully saturated rings. The Bertz CT molecular complexity index is 839. The van der Waals surface area contributed by atoms with Crippen LogP contribution in [-0.4, -0.2) is 4.57 Å². The number of aromatic nitrogens is 1. The second kappa shape index (κ2) is 7.64. The lowest BCUT2D eigenvalue weighted by Crippen LogP contribution is -2.17. The van der Waals surface area contributed by atoms with E-state index in [0.717, 1.165) is 24.2 Å². The molecule has 122 valence electrons. The van der Waals surface area contributed by atoms with Gasteiger partial charge in [-0.25, -0.2) is 0 Å². The highest BCUT2D eigenvalue weighted by molar-refractivity contribution is 5.30. The lowest BCUT2D eigenvalue weighted by Gasteiger charge is -2.17. The maximum atomic E-state index is 12.3. The zero-order valence-electron chi connectivity index (χ0n) is 13.8. The standard InChI is InChI=1S/C21H21NO2/c1-2-19-21(24-16-18-11-7-4-8-12-18)20(23)13-14-22(19)15-17-9-5-3-6-10-17/h3-14H,2,15-16H2,1H3. The number of benzene rings is 2. The van der Waals surface area contributed by atoms with E-state index in [0.29, 0.717) is 12.4 Å². The maximum absolute atomic E-state index is 12.3. The Hall–Kier alpha value is -2.81. The summed E-state index contributed by atoms with van der Waals surface area (Å²) < 4.78 is 7.98. The van der Waals surface area contributed by atoms with Crippen molar-refractivity contribution in [3.05, 3.63) is 100.0 Å². The van der Waals surface area contributed by atoms with Crippen molar-refractivity contribution in [2.75, 3.05) is 0 Å². The normalized spacial score (nSPS) is 10.5. The van der Waals surface area contributed by atoms with Gasteiger partial charge in [0.05, 0.1) is 5.69 Å². The molecular formula is C21H21NO2. The number of pyridine rings is 1. The fraction of sp³-hybridized carbons (Fsp3) is 0.190. The van der Waals surface area contributed by atoms with Crippen LogP contribution in [0, 0.1) is 0 Å². The van der Waals surface area contributed by atoms with Crippen molar-refractivity contribution >= 4 is 0 Å². The molecular weight excluding hydrogens is 298 g/mol. The summed E-state index contributed by atoms with van der Waals surface area (Å²) in [5.41, 5.74) is 3.12. The van der Waals surface area contributed by atoms with Crippen LogP contribution in [-0.2, 0) is 19.6 Å². The van der Waals surface area contributed by atoms with Crippen LogP contribution in [0.4, 0.5) is 0 Å². The molecule has 3 rings (SSSR count). The first-order chi connectivity index (χ1) is 11.8. The summed E-state index contributed by atoms with van der Waals surface area (Å²) in [6, 6.07) is 21.7. The summed E-state index contributed by atoms with van der Waals surface area (Å²) in [5, 5.41) is 0. The van der Waals surface area contributed by atoms with Gasteiger partial charge >= 0.3 is 0 Å². The van der Waals surface area contributed by atoms with Gasteiger partial charge in [-0.1, -0.05) is 67.6 Å². The third-order valence-corrected chi connectivity index (χ3v) is 4.00. The predicted octanol–water partition coefficient (Wildman–Crippen LogP) is 4.04. The molecule has 2 aromatic carbocycles. The van der Waals surface area contributed by atoms with E-state index in [9.17, 15) is 4.79 Å². The Labute approximate surface area is 142 Å². The van der Waals surface area contributed by atoms with Gasteiger partial charge in [0.1, 0.15) is 6.61 Å². The number of hydrogen-bond donors (Lipinski definition) is 0. The fourth-order valence-corrected chi connectivity index (χ4v) is 2.77. The average Bonchev–Trinajstić information content (AvgIpc) is 2.63. The van der Waals surface area contributed by atoms with Gasteiger partial charge in [-0.05, 0) is 17.5 Å². The van der Waals surface area contributed by atoms with Crippen molar-refractivity contribution in [1.29, 1.82) is 0 Å². The molecule has 24 heavy (non-hydrogen) atoms. The van der Waals surface area contributed by atoms with Crippen molar-refractivity contribution in [3.8, 4) is 5.75 Å². The molecule has 1 aromatic heterocycles. The second-order valence-corrected chi connectivity index (χ2v) is 5.70. The molecule has 0 unspecified atom stereocenters. The minimum atomic E-state index is -0.0629. The van der Waals surface area contributed by atoms with Crippen molar-refractivity contribution in [2.24, 2.45) is 0 Å². The Morgan fingerprint density at radius 1 is 0.875 bits per heavy atom. The zero-order chi connectivity index (χ0) is 16.8. The van der Waals surface area contributed by atoms with Crippen LogP contribution in [0.5, 0.6) is 5.75 Å². The number of ether oxygens (including phenoxy) is 1. The third-order valence-electron chi connectivity index (χ3n) is 4.00. The molecule has 0 amide bonds. The molecule has 0 atom stereocenters. The minimum Gasteiger partial charge on any atom is -0.483 e. The smallest absolute Gasteiger partial charge is 0.223 e. The van der Waals surface area contributed by atoms with Crippen LogP contribution in [0.25, 0.3) is 0 Å². The summed E-state index contributed by atoms with van der Waals surface area (Å²) in [4.78, 5) is 12.3. The molecule has 0 spiro atoms. The molecule has 0 bridgehead atoms. The molecule has 3 aromatic rings. The van der Waals surface area contributed by atoms with E-state index in [1.807, 2.05) is 61.7 Å². The van der Waals surface area contributed by atoms with Gasteiger partial charge in [0, 0.05) is 18.8 Å². The van der Waals surface area contributed by atoms with Crippen LogP contribution in [0.3, 0.4) is 0 Å². The van der Waals surface area contributed by atoms with Crippen LogP contribution in [0.15, 0.2) is 77.7 Å². The van der Waals surface area contributed by atoms with Crippen molar-refractivity contribution in [2.45, 2.75) is 26.5 Å². The van der Waals surface area contributed by atoms with Gasteiger partial charge in [0.15, 0.2) is 5.75 Å². The van der Waals surface area contributed by atoms with E-state index >= 15 is 0 Å². The molecule has 0 saturated carbocycles. The quantitative estimate of drug-likeness (QED) is 0.686. The first-order valence-electron chi connectivity index (χ1n) is 8.21. The van der Waals surface area contributed by atoms with Gasteiger partial charge in [0.25, 0.3) is 0 Å². The second-order valence-electron chi connectivity index (χ2n) is 5.70. The van der Waals surface area contributed by atoms with Gasteiger partial charge in [0.2, 0.25) is 5.43 Å². The predicted molar refractivity (Wildman–Crippen MR) is 96.4 cm³/mol. The van der Waals surface area contributed by atoms with Crippen LogP contribution < -0.4 is 10.2 Å². The first-order valence-corrected chi connectivity index (χ1v) is 8.21. The van der Waals surface area contributed by atoms with Gasteiger partial charge in [-0.3, -0.25) is 4.79 Å². The minimum absolute atomic E-state index is 0.0629. The van der Waals surface area contributed by atoms with Crippen molar-refractivity contribution < 1.29 is 4.74 Å². The highest BCUT2D eigenvalue weighted by Crippen LogP contribution is 2.17. The first kappa shape index (κ1) is 16.1. The maximum Gasteiger partial charge on any atom is 0.223 e. The third kappa shape index (κ3) is 3.74. The molecule has 0 saturated heterocycles. The molecule has 1 heterocycles. The van der Waals surface area contributed by atoms with Gasteiger partial charge in [-0.15, -0.1) is 0 Å². The van der Waals surface area contributed by atoms with E-state index in [1.54, 1.807) is 6.07 Å². The Morgan fingerprint density at radius 3 is 2.12 bits per heavy atom. The van der Waals surface area contributed by atoms with E-state index < -0.39 is 0 Å². The van der Waals surface area contributed by atoms with E-state index in [2.05, 4.69) is 16.7 Å². The summed E-state index contributed by atoms with van der Waals surface area (Å²) in [7, 11) is 0. The Morgan fingerprint density at radius 2 is 1.50 bits per heavy atom. The van der Waals surface area contributed by atoms with E-state index in [4.69, 9.17) is 4.74 Å². The zero-order valence-corrected chi connectivity index (χ0v) is 13.8. The molecule has 0 radical (unpaired) electrons. The summed E-state index contributed by atoms with van der Waals surface area (Å²) in [6.07, 6.45) is 2.59. The fourth-order valence-electron chi connectivity index (χ4n) is 2.77. The summed E-state index contributed by atoms with van der Waals surface area (Å²) >= 11 is 0. The SMILES string of the molecule is CCc1c(OCc2ccccc2)c(=O)ccn1Cc1ccccc1. The van der Waals surface area contributed by atoms with E-state index in [-0.39, 0.29) is 5.43 Å².